The molecule has 0 bridgehead atoms. The lowest BCUT2D eigenvalue weighted by Crippen LogP contribution is -1.81. The minimum Gasteiger partial charge on any atom is -0.421 e. The molecule has 1 fully saturated rings. The van der Waals surface area contributed by atoms with Crippen molar-refractivity contribution in [3.63, 3.8) is 0 Å². The van der Waals surface area contributed by atoms with Crippen molar-refractivity contribution in [3.8, 4) is 11.5 Å². The van der Waals surface area contributed by atoms with Crippen LogP contribution in [0.25, 0.3) is 22.5 Å². The summed E-state index contributed by atoms with van der Waals surface area (Å²) < 4.78 is 5.53. The number of fused-ring (bicyclic) bond motifs is 1. The maximum absolute atomic E-state index is 5.53. The van der Waals surface area contributed by atoms with Crippen LogP contribution in [-0.2, 0) is 6.42 Å². The van der Waals surface area contributed by atoms with E-state index in [-0.39, 0.29) is 0 Å². The molecular formula is C16H20N4O. The number of aromatic amines is 1. The SMILES string of the molecule is C1CCCC1.CCc1nnc(-c2ccnc3[nH]ccc23)o1. The fourth-order valence-corrected chi connectivity index (χ4v) is 2.54. The van der Waals surface area contributed by atoms with Crippen LogP contribution in [-0.4, -0.2) is 20.2 Å². The van der Waals surface area contributed by atoms with Crippen molar-refractivity contribution in [3.05, 3.63) is 30.4 Å². The van der Waals surface area contributed by atoms with Crippen LogP contribution in [0.4, 0.5) is 0 Å². The molecule has 1 saturated carbocycles. The largest absolute Gasteiger partial charge is 0.421 e. The number of hydrogen-bond acceptors (Lipinski definition) is 4. The van der Waals surface area contributed by atoms with Crippen molar-refractivity contribution < 1.29 is 4.42 Å². The van der Waals surface area contributed by atoms with Gasteiger partial charge in [-0.3, -0.25) is 0 Å². The summed E-state index contributed by atoms with van der Waals surface area (Å²) in [5.41, 5.74) is 1.74. The van der Waals surface area contributed by atoms with E-state index in [1.165, 1.54) is 32.1 Å². The summed E-state index contributed by atoms with van der Waals surface area (Å²) >= 11 is 0. The zero-order valence-electron chi connectivity index (χ0n) is 12.3. The zero-order valence-corrected chi connectivity index (χ0v) is 12.3. The van der Waals surface area contributed by atoms with Gasteiger partial charge in [0.25, 0.3) is 0 Å². The van der Waals surface area contributed by atoms with Crippen LogP contribution in [0.2, 0.25) is 0 Å². The molecule has 0 atom stereocenters. The molecule has 0 radical (unpaired) electrons. The second-order valence-electron chi connectivity index (χ2n) is 5.22. The molecule has 0 saturated heterocycles. The van der Waals surface area contributed by atoms with Crippen molar-refractivity contribution in [2.45, 2.75) is 45.4 Å². The Morgan fingerprint density at radius 3 is 2.52 bits per heavy atom. The number of rotatable bonds is 2. The monoisotopic (exact) mass is 284 g/mol. The van der Waals surface area contributed by atoms with Gasteiger partial charge >= 0.3 is 0 Å². The lowest BCUT2D eigenvalue weighted by Gasteiger charge is -1.95. The van der Waals surface area contributed by atoms with Crippen LogP contribution in [0.1, 0.15) is 44.9 Å². The molecular weight excluding hydrogens is 264 g/mol. The summed E-state index contributed by atoms with van der Waals surface area (Å²) in [5.74, 6) is 1.19. The summed E-state index contributed by atoms with van der Waals surface area (Å²) in [6.07, 6.45) is 11.8. The summed E-state index contributed by atoms with van der Waals surface area (Å²) in [4.78, 5) is 7.26. The number of H-pyrrole nitrogens is 1. The van der Waals surface area contributed by atoms with Crippen LogP contribution in [0.15, 0.2) is 28.9 Å². The molecule has 1 N–H and O–H groups in total. The Morgan fingerprint density at radius 1 is 1.10 bits per heavy atom. The third-order valence-corrected chi connectivity index (χ3v) is 3.71. The normalized spacial score (nSPS) is 14.1. The third kappa shape index (κ3) is 3.12. The molecule has 3 aromatic heterocycles. The van der Waals surface area contributed by atoms with E-state index in [9.17, 15) is 0 Å². The molecule has 3 aromatic rings. The van der Waals surface area contributed by atoms with E-state index in [0.29, 0.717) is 11.8 Å². The first-order chi connectivity index (χ1) is 10.4. The summed E-state index contributed by atoms with van der Waals surface area (Å²) in [7, 11) is 0. The Hall–Kier alpha value is -2.17. The van der Waals surface area contributed by atoms with Crippen LogP contribution in [0.3, 0.4) is 0 Å². The molecule has 3 heterocycles. The molecule has 0 aromatic carbocycles. The molecule has 110 valence electrons. The quantitative estimate of drug-likeness (QED) is 0.768. The molecule has 0 spiro atoms. The Balaban J connectivity index is 0.000000225. The van der Waals surface area contributed by atoms with Crippen LogP contribution < -0.4 is 0 Å². The van der Waals surface area contributed by atoms with Crippen molar-refractivity contribution >= 4 is 11.0 Å². The van der Waals surface area contributed by atoms with Gasteiger partial charge in [-0.1, -0.05) is 39.0 Å². The number of nitrogens with one attached hydrogen (secondary N) is 1. The number of pyridine rings is 1. The minimum absolute atomic E-state index is 0.545. The average molecular weight is 284 g/mol. The molecule has 1 aliphatic carbocycles. The summed E-state index contributed by atoms with van der Waals surface area (Å²) in [6, 6.07) is 3.83. The molecule has 0 aliphatic heterocycles. The molecule has 4 rings (SSSR count). The van der Waals surface area contributed by atoms with Crippen molar-refractivity contribution in [2.24, 2.45) is 0 Å². The van der Waals surface area contributed by atoms with Gasteiger partial charge in [0.05, 0.1) is 5.56 Å². The Labute approximate surface area is 123 Å². The molecule has 5 heteroatoms. The van der Waals surface area contributed by atoms with E-state index in [0.717, 1.165) is 23.0 Å². The highest BCUT2D eigenvalue weighted by atomic mass is 16.4. The fourth-order valence-electron chi connectivity index (χ4n) is 2.54. The number of hydrogen-bond donors (Lipinski definition) is 1. The van der Waals surface area contributed by atoms with E-state index in [1.807, 2.05) is 25.3 Å². The second-order valence-corrected chi connectivity index (χ2v) is 5.22. The molecule has 1 aliphatic rings. The Kier molecular flexibility index (Phi) is 4.28. The van der Waals surface area contributed by atoms with Crippen molar-refractivity contribution in [2.75, 3.05) is 0 Å². The van der Waals surface area contributed by atoms with Gasteiger partial charge in [0.15, 0.2) is 0 Å². The average Bonchev–Trinajstić information content (AvgIpc) is 3.27. The van der Waals surface area contributed by atoms with Crippen molar-refractivity contribution in [1.82, 2.24) is 20.2 Å². The van der Waals surface area contributed by atoms with Gasteiger partial charge in [-0.2, -0.15) is 0 Å². The smallest absolute Gasteiger partial charge is 0.248 e. The van der Waals surface area contributed by atoms with Gasteiger partial charge in [0, 0.05) is 24.2 Å². The highest BCUT2D eigenvalue weighted by Gasteiger charge is 2.11. The topological polar surface area (TPSA) is 67.6 Å². The summed E-state index contributed by atoms with van der Waals surface area (Å²) in [6.45, 7) is 1.98. The van der Waals surface area contributed by atoms with E-state index in [2.05, 4.69) is 20.2 Å². The van der Waals surface area contributed by atoms with Crippen LogP contribution in [0, 0.1) is 0 Å². The highest BCUT2D eigenvalue weighted by Crippen LogP contribution is 2.25. The standard InChI is InChI=1S/C11H10N4O.C5H10/c1-2-9-14-15-11(16-9)8-4-6-13-10-7(8)3-5-12-10;1-2-4-5-3-1/h3-6H,2H2,1H3,(H,12,13);1-5H2. The van der Waals surface area contributed by atoms with E-state index in [4.69, 9.17) is 4.42 Å². The van der Waals surface area contributed by atoms with Gasteiger partial charge in [0.1, 0.15) is 5.65 Å². The lowest BCUT2D eigenvalue weighted by molar-refractivity contribution is 0.513. The van der Waals surface area contributed by atoms with Gasteiger partial charge < -0.3 is 9.40 Å². The predicted molar refractivity (Wildman–Crippen MR) is 81.8 cm³/mol. The highest BCUT2D eigenvalue weighted by molar-refractivity contribution is 5.90. The van der Waals surface area contributed by atoms with E-state index >= 15 is 0 Å². The fraction of sp³-hybridized carbons (Fsp3) is 0.438. The summed E-state index contributed by atoms with van der Waals surface area (Å²) in [5, 5.41) is 8.98. The van der Waals surface area contributed by atoms with Gasteiger partial charge in [-0.25, -0.2) is 4.98 Å². The third-order valence-electron chi connectivity index (χ3n) is 3.71. The van der Waals surface area contributed by atoms with Gasteiger partial charge in [-0.15, -0.1) is 10.2 Å². The number of aryl methyl sites for hydroxylation is 1. The van der Waals surface area contributed by atoms with E-state index in [1.54, 1.807) is 6.20 Å². The first kappa shape index (κ1) is 13.8. The molecule has 0 unspecified atom stereocenters. The first-order valence-corrected chi connectivity index (χ1v) is 7.63. The Bertz CT molecular complexity index is 689. The Morgan fingerprint density at radius 2 is 1.86 bits per heavy atom. The van der Waals surface area contributed by atoms with Crippen molar-refractivity contribution in [1.29, 1.82) is 0 Å². The lowest BCUT2D eigenvalue weighted by atomic mass is 10.2. The zero-order chi connectivity index (χ0) is 14.5. The maximum atomic E-state index is 5.53. The van der Waals surface area contributed by atoms with Gasteiger partial charge in [0.2, 0.25) is 11.8 Å². The van der Waals surface area contributed by atoms with E-state index < -0.39 is 0 Å². The van der Waals surface area contributed by atoms with Crippen LogP contribution in [0.5, 0.6) is 0 Å². The first-order valence-electron chi connectivity index (χ1n) is 7.63. The van der Waals surface area contributed by atoms with Crippen LogP contribution >= 0.6 is 0 Å². The molecule has 0 amide bonds. The maximum Gasteiger partial charge on any atom is 0.248 e. The van der Waals surface area contributed by atoms with Gasteiger partial charge in [-0.05, 0) is 12.1 Å². The molecule has 21 heavy (non-hydrogen) atoms. The second kappa shape index (κ2) is 6.52. The number of nitrogens with zero attached hydrogens (tertiary/aromatic N) is 3. The number of aromatic nitrogens is 4. The molecule has 5 nitrogen and oxygen atoms in total. The minimum atomic E-state index is 0.545. The predicted octanol–water partition coefficient (Wildman–Crippen LogP) is 4.13.